The molecule has 0 radical (unpaired) electrons. The standard InChI is InChI=1S/C6H9NO2/c8-6(9)3-4-7-5-1-2-5/h4-5H,1-3H2,(H,8,9). The number of carboxylic acids is 1. The fraction of sp³-hybridized carbons (Fsp3) is 0.667. The van der Waals surface area contributed by atoms with Crippen LogP contribution in [0.5, 0.6) is 0 Å². The first-order valence-electron chi connectivity index (χ1n) is 3.02. The summed E-state index contributed by atoms with van der Waals surface area (Å²) >= 11 is 0. The second kappa shape index (κ2) is 2.62. The molecule has 0 bridgehead atoms. The number of hydrogen-bond donors (Lipinski definition) is 1. The summed E-state index contributed by atoms with van der Waals surface area (Å²) < 4.78 is 0. The molecule has 0 unspecified atom stereocenters. The highest BCUT2D eigenvalue weighted by molar-refractivity contribution is 5.84. The van der Waals surface area contributed by atoms with Crippen molar-refractivity contribution in [3.05, 3.63) is 0 Å². The second-order valence-corrected chi connectivity index (χ2v) is 2.16. The van der Waals surface area contributed by atoms with Crippen LogP contribution in [0.2, 0.25) is 0 Å². The third-order valence-electron chi connectivity index (χ3n) is 1.13. The molecule has 0 atom stereocenters. The lowest BCUT2D eigenvalue weighted by Crippen LogP contribution is -1.94. The first-order valence-corrected chi connectivity index (χ1v) is 3.02. The lowest BCUT2D eigenvalue weighted by molar-refractivity contribution is -0.135. The molecule has 0 spiro atoms. The van der Waals surface area contributed by atoms with E-state index in [9.17, 15) is 4.79 Å². The van der Waals surface area contributed by atoms with E-state index in [2.05, 4.69) is 4.99 Å². The van der Waals surface area contributed by atoms with E-state index in [0.717, 1.165) is 12.8 Å². The molecule has 1 saturated carbocycles. The number of carbonyl (C=O) groups is 1. The molecule has 3 nitrogen and oxygen atoms in total. The molecule has 0 aromatic rings. The number of carboxylic acid groups (broad SMARTS) is 1. The Balaban J connectivity index is 2.08. The van der Waals surface area contributed by atoms with Crippen LogP contribution < -0.4 is 0 Å². The van der Waals surface area contributed by atoms with Crippen LogP contribution in [0.3, 0.4) is 0 Å². The largest absolute Gasteiger partial charge is 0.481 e. The fourth-order valence-electron chi connectivity index (χ4n) is 0.503. The lowest BCUT2D eigenvalue weighted by Gasteiger charge is -1.81. The summed E-state index contributed by atoms with van der Waals surface area (Å²) in [6.45, 7) is 0. The summed E-state index contributed by atoms with van der Waals surface area (Å²) in [4.78, 5) is 13.9. The van der Waals surface area contributed by atoms with E-state index < -0.39 is 5.97 Å². The van der Waals surface area contributed by atoms with Gasteiger partial charge >= 0.3 is 5.97 Å². The maximum absolute atomic E-state index is 9.91. The maximum atomic E-state index is 9.91. The van der Waals surface area contributed by atoms with Gasteiger partial charge < -0.3 is 5.11 Å². The molecule has 3 heteroatoms. The minimum atomic E-state index is -0.806. The number of aliphatic imine (C=N–C) groups is 1. The predicted octanol–water partition coefficient (Wildman–Crippen LogP) is 0.694. The lowest BCUT2D eigenvalue weighted by atomic mass is 10.5. The van der Waals surface area contributed by atoms with Crippen molar-refractivity contribution < 1.29 is 9.90 Å². The third kappa shape index (κ3) is 2.85. The van der Waals surface area contributed by atoms with Crippen molar-refractivity contribution >= 4 is 12.2 Å². The first-order chi connectivity index (χ1) is 4.29. The predicted molar refractivity (Wildman–Crippen MR) is 33.8 cm³/mol. The van der Waals surface area contributed by atoms with Crippen LogP contribution in [-0.4, -0.2) is 23.3 Å². The highest BCUT2D eigenvalue weighted by atomic mass is 16.4. The molecule has 0 heterocycles. The van der Waals surface area contributed by atoms with Gasteiger partial charge in [0.15, 0.2) is 0 Å². The zero-order chi connectivity index (χ0) is 6.69. The van der Waals surface area contributed by atoms with Crippen molar-refractivity contribution in [2.24, 2.45) is 4.99 Å². The zero-order valence-corrected chi connectivity index (χ0v) is 5.08. The van der Waals surface area contributed by atoms with Gasteiger partial charge in [-0.3, -0.25) is 9.79 Å². The van der Waals surface area contributed by atoms with E-state index >= 15 is 0 Å². The van der Waals surface area contributed by atoms with E-state index in [4.69, 9.17) is 5.11 Å². The summed E-state index contributed by atoms with van der Waals surface area (Å²) in [7, 11) is 0. The Morgan fingerprint density at radius 3 is 2.89 bits per heavy atom. The Bertz CT molecular complexity index is 138. The van der Waals surface area contributed by atoms with Gasteiger partial charge in [0.25, 0.3) is 0 Å². The summed E-state index contributed by atoms with van der Waals surface area (Å²) in [6.07, 6.45) is 3.82. The maximum Gasteiger partial charge on any atom is 0.308 e. The van der Waals surface area contributed by atoms with E-state index in [1.54, 1.807) is 0 Å². The highest BCUT2D eigenvalue weighted by Gasteiger charge is 2.18. The average molecular weight is 127 g/mol. The van der Waals surface area contributed by atoms with Crippen molar-refractivity contribution in [3.8, 4) is 0 Å². The van der Waals surface area contributed by atoms with Crippen molar-refractivity contribution in [2.45, 2.75) is 25.3 Å². The number of aliphatic carboxylic acids is 1. The van der Waals surface area contributed by atoms with Crippen LogP contribution in [0.1, 0.15) is 19.3 Å². The molecular weight excluding hydrogens is 118 g/mol. The molecule has 0 aromatic heterocycles. The Labute approximate surface area is 53.4 Å². The number of hydrogen-bond acceptors (Lipinski definition) is 2. The van der Waals surface area contributed by atoms with Crippen molar-refractivity contribution in [1.29, 1.82) is 0 Å². The smallest absolute Gasteiger partial charge is 0.308 e. The molecule has 0 aliphatic heterocycles. The summed E-state index contributed by atoms with van der Waals surface area (Å²) in [5.41, 5.74) is 0. The zero-order valence-electron chi connectivity index (χ0n) is 5.08. The summed E-state index contributed by atoms with van der Waals surface area (Å²) in [6, 6.07) is 0.448. The van der Waals surface area contributed by atoms with Crippen molar-refractivity contribution in [3.63, 3.8) is 0 Å². The number of nitrogens with zero attached hydrogens (tertiary/aromatic N) is 1. The molecule has 1 aliphatic rings. The fourth-order valence-corrected chi connectivity index (χ4v) is 0.503. The minimum Gasteiger partial charge on any atom is -0.481 e. The molecule has 9 heavy (non-hydrogen) atoms. The first kappa shape index (κ1) is 6.26. The van der Waals surface area contributed by atoms with Crippen LogP contribution in [0.25, 0.3) is 0 Å². The van der Waals surface area contributed by atoms with Crippen LogP contribution in [0.15, 0.2) is 4.99 Å². The molecule has 1 aliphatic carbocycles. The van der Waals surface area contributed by atoms with Gasteiger partial charge in [0.2, 0.25) is 0 Å². The molecule has 1 rings (SSSR count). The molecule has 0 aromatic carbocycles. The third-order valence-corrected chi connectivity index (χ3v) is 1.13. The van der Waals surface area contributed by atoms with Crippen molar-refractivity contribution in [1.82, 2.24) is 0 Å². The van der Waals surface area contributed by atoms with Crippen LogP contribution >= 0.6 is 0 Å². The van der Waals surface area contributed by atoms with Gasteiger partial charge in [0, 0.05) is 12.3 Å². The monoisotopic (exact) mass is 127 g/mol. The van der Waals surface area contributed by atoms with E-state index in [1.165, 1.54) is 6.21 Å². The SMILES string of the molecule is O=C(O)CC=NC1CC1. The van der Waals surface area contributed by atoms with Crippen LogP contribution in [0.4, 0.5) is 0 Å². The van der Waals surface area contributed by atoms with Crippen molar-refractivity contribution in [2.75, 3.05) is 0 Å². The topological polar surface area (TPSA) is 49.7 Å². The van der Waals surface area contributed by atoms with Gasteiger partial charge in [-0.2, -0.15) is 0 Å². The number of rotatable bonds is 3. The Kier molecular flexibility index (Phi) is 1.82. The molecular formula is C6H9NO2. The van der Waals surface area contributed by atoms with Crippen LogP contribution in [-0.2, 0) is 4.79 Å². The molecule has 50 valence electrons. The summed E-state index contributed by atoms with van der Waals surface area (Å²) in [5.74, 6) is -0.806. The summed E-state index contributed by atoms with van der Waals surface area (Å²) in [5, 5.41) is 8.16. The minimum absolute atomic E-state index is 0.0660. The van der Waals surface area contributed by atoms with Gasteiger partial charge in [-0.05, 0) is 12.8 Å². The molecule has 1 fully saturated rings. The van der Waals surface area contributed by atoms with Gasteiger partial charge in [-0.15, -0.1) is 0 Å². The van der Waals surface area contributed by atoms with Gasteiger partial charge in [-0.25, -0.2) is 0 Å². The van der Waals surface area contributed by atoms with E-state index in [-0.39, 0.29) is 6.42 Å². The molecule has 0 saturated heterocycles. The molecule has 1 N–H and O–H groups in total. The van der Waals surface area contributed by atoms with E-state index in [0.29, 0.717) is 6.04 Å². The van der Waals surface area contributed by atoms with Gasteiger partial charge in [-0.1, -0.05) is 0 Å². The second-order valence-electron chi connectivity index (χ2n) is 2.16. The highest BCUT2D eigenvalue weighted by Crippen LogP contribution is 2.22. The Morgan fingerprint density at radius 1 is 1.78 bits per heavy atom. The van der Waals surface area contributed by atoms with Crippen LogP contribution in [0, 0.1) is 0 Å². The average Bonchev–Trinajstić information content (AvgIpc) is 2.48. The van der Waals surface area contributed by atoms with E-state index in [1.807, 2.05) is 0 Å². The van der Waals surface area contributed by atoms with Gasteiger partial charge in [0.1, 0.15) is 0 Å². The molecule has 0 amide bonds. The quantitative estimate of drug-likeness (QED) is 0.567. The van der Waals surface area contributed by atoms with Gasteiger partial charge in [0.05, 0.1) is 6.42 Å². The Hall–Kier alpha value is -0.860. The normalized spacial score (nSPS) is 18.7. The Morgan fingerprint density at radius 2 is 2.44 bits per heavy atom.